The minimum atomic E-state index is 0.262. The first-order valence-electron chi connectivity index (χ1n) is 5.93. The van der Waals surface area contributed by atoms with Gasteiger partial charge in [0.15, 0.2) is 0 Å². The Kier molecular flexibility index (Phi) is 3.69. The van der Waals surface area contributed by atoms with Crippen LogP contribution in [0.25, 0.3) is 0 Å². The van der Waals surface area contributed by atoms with Crippen molar-refractivity contribution >= 4 is 17.0 Å². The number of nitrogens with one attached hydrogen (secondary N) is 1. The average Bonchev–Trinajstić information content (AvgIpc) is 2.78. The molecule has 0 aliphatic heterocycles. The fourth-order valence-electron chi connectivity index (χ4n) is 1.97. The largest absolute Gasteiger partial charge is 0.377 e. The summed E-state index contributed by atoms with van der Waals surface area (Å²) in [6.07, 6.45) is 0. The molecule has 1 atom stereocenters. The Morgan fingerprint density at radius 3 is 2.61 bits per heavy atom. The van der Waals surface area contributed by atoms with E-state index in [1.54, 1.807) is 11.3 Å². The molecular weight excluding hydrogens is 240 g/mol. The first-order chi connectivity index (χ1) is 8.61. The van der Waals surface area contributed by atoms with E-state index in [2.05, 4.69) is 43.6 Å². The minimum Gasteiger partial charge on any atom is -0.377 e. The molecule has 1 aromatic carbocycles. The van der Waals surface area contributed by atoms with Crippen molar-refractivity contribution in [2.75, 3.05) is 5.32 Å². The Hall–Kier alpha value is -1.79. The Morgan fingerprint density at radius 1 is 1.22 bits per heavy atom. The van der Waals surface area contributed by atoms with Crippen LogP contribution >= 0.6 is 11.3 Å². The van der Waals surface area contributed by atoms with Crippen molar-refractivity contribution in [3.8, 4) is 6.07 Å². The molecule has 0 radical (unpaired) electrons. The Labute approximate surface area is 112 Å². The van der Waals surface area contributed by atoms with Crippen LogP contribution in [0.3, 0.4) is 0 Å². The SMILES string of the molecule is Cc1ccc(C#N)cc1NC(C)c1sccc1C. The number of nitriles is 1. The second-order valence-electron chi connectivity index (χ2n) is 4.48. The molecule has 2 rings (SSSR count). The van der Waals surface area contributed by atoms with Crippen molar-refractivity contribution in [2.24, 2.45) is 0 Å². The zero-order valence-electron chi connectivity index (χ0n) is 10.8. The number of thiophene rings is 1. The summed E-state index contributed by atoms with van der Waals surface area (Å²) in [7, 11) is 0. The molecule has 1 unspecified atom stereocenters. The molecule has 0 aliphatic rings. The topological polar surface area (TPSA) is 35.8 Å². The molecule has 0 amide bonds. The highest BCUT2D eigenvalue weighted by Gasteiger charge is 2.11. The van der Waals surface area contributed by atoms with Crippen LogP contribution in [0.1, 0.15) is 34.5 Å². The summed E-state index contributed by atoms with van der Waals surface area (Å²) in [4.78, 5) is 1.34. The molecule has 0 bridgehead atoms. The quantitative estimate of drug-likeness (QED) is 0.883. The lowest BCUT2D eigenvalue weighted by Crippen LogP contribution is -2.07. The highest BCUT2D eigenvalue weighted by Crippen LogP contribution is 2.28. The normalized spacial score (nSPS) is 11.9. The smallest absolute Gasteiger partial charge is 0.0992 e. The van der Waals surface area contributed by atoms with Gasteiger partial charge in [-0.1, -0.05) is 6.07 Å². The monoisotopic (exact) mass is 256 g/mol. The second kappa shape index (κ2) is 5.24. The highest BCUT2D eigenvalue weighted by atomic mass is 32.1. The van der Waals surface area contributed by atoms with E-state index in [0.29, 0.717) is 5.56 Å². The lowest BCUT2D eigenvalue weighted by molar-refractivity contribution is 0.896. The highest BCUT2D eigenvalue weighted by molar-refractivity contribution is 7.10. The maximum Gasteiger partial charge on any atom is 0.0992 e. The molecule has 3 heteroatoms. The molecule has 2 nitrogen and oxygen atoms in total. The van der Waals surface area contributed by atoms with Crippen molar-refractivity contribution in [1.82, 2.24) is 0 Å². The van der Waals surface area contributed by atoms with Gasteiger partial charge in [-0.15, -0.1) is 11.3 Å². The number of hydrogen-bond acceptors (Lipinski definition) is 3. The average molecular weight is 256 g/mol. The second-order valence-corrected chi connectivity index (χ2v) is 5.42. The summed E-state index contributed by atoms with van der Waals surface area (Å²) in [5.41, 5.74) is 4.21. The van der Waals surface area contributed by atoms with Gasteiger partial charge in [-0.2, -0.15) is 5.26 Å². The van der Waals surface area contributed by atoms with E-state index in [9.17, 15) is 0 Å². The van der Waals surface area contributed by atoms with Gasteiger partial charge < -0.3 is 5.32 Å². The van der Waals surface area contributed by atoms with Crippen LogP contribution < -0.4 is 5.32 Å². The van der Waals surface area contributed by atoms with Gasteiger partial charge in [0.1, 0.15) is 0 Å². The minimum absolute atomic E-state index is 0.262. The van der Waals surface area contributed by atoms with Gasteiger partial charge in [-0.05, 0) is 55.5 Å². The van der Waals surface area contributed by atoms with Gasteiger partial charge in [0.05, 0.1) is 17.7 Å². The van der Waals surface area contributed by atoms with E-state index in [1.165, 1.54) is 10.4 Å². The summed E-state index contributed by atoms with van der Waals surface area (Å²) < 4.78 is 0. The summed E-state index contributed by atoms with van der Waals surface area (Å²) in [6, 6.07) is 10.3. The zero-order valence-corrected chi connectivity index (χ0v) is 11.6. The third-order valence-corrected chi connectivity index (χ3v) is 4.24. The van der Waals surface area contributed by atoms with Crippen LogP contribution in [0.4, 0.5) is 5.69 Å². The molecule has 0 saturated carbocycles. The molecule has 2 aromatic rings. The van der Waals surface area contributed by atoms with Gasteiger partial charge in [-0.25, -0.2) is 0 Å². The molecule has 92 valence electrons. The molecule has 0 aliphatic carbocycles. The van der Waals surface area contributed by atoms with Crippen LogP contribution in [-0.2, 0) is 0 Å². The lowest BCUT2D eigenvalue weighted by atomic mass is 10.1. The summed E-state index contributed by atoms with van der Waals surface area (Å²) in [5.74, 6) is 0. The number of aryl methyl sites for hydroxylation is 2. The fraction of sp³-hybridized carbons (Fsp3) is 0.267. The number of hydrogen-bond donors (Lipinski definition) is 1. The van der Waals surface area contributed by atoms with Gasteiger partial charge in [0, 0.05) is 10.6 Å². The molecule has 18 heavy (non-hydrogen) atoms. The van der Waals surface area contributed by atoms with Crippen molar-refractivity contribution in [3.05, 3.63) is 51.2 Å². The van der Waals surface area contributed by atoms with Gasteiger partial charge in [-0.3, -0.25) is 0 Å². The first kappa shape index (κ1) is 12.7. The van der Waals surface area contributed by atoms with Crippen LogP contribution in [0.2, 0.25) is 0 Å². The van der Waals surface area contributed by atoms with Gasteiger partial charge >= 0.3 is 0 Å². The Balaban J connectivity index is 2.24. The Bertz CT molecular complexity index is 593. The summed E-state index contributed by atoms with van der Waals surface area (Å²) in [5, 5.41) is 14.5. The van der Waals surface area contributed by atoms with Gasteiger partial charge in [0.2, 0.25) is 0 Å². The summed E-state index contributed by atoms with van der Waals surface area (Å²) in [6.45, 7) is 6.33. The number of rotatable bonds is 3. The lowest BCUT2D eigenvalue weighted by Gasteiger charge is -2.17. The molecule has 1 heterocycles. The third-order valence-electron chi connectivity index (χ3n) is 3.03. The van der Waals surface area contributed by atoms with E-state index < -0.39 is 0 Å². The van der Waals surface area contributed by atoms with Crippen molar-refractivity contribution in [1.29, 1.82) is 5.26 Å². The van der Waals surface area contributed by atoms with Crippen LogP contribution in [-0.4, -0.2) is 0 Å². The van der Waals surface area contributed by atoms with Crippen LogP contribution in [0.5, 0.6) is 0 Å². The molecule has 1 N–H and O–H groups in total. The van der Waals surface area contributed by atoms with Gasteiger partial charge in [0.25, 0.3) is 0 Å². The summed E-state index contributed by atoms with van der Waals surface area (Å²) >= 11 is 1.77. The Morgan fingerprint density at radius 2 is 2.00 bits per heavy atom. The number of benzene rings is 1. The van der Waals surface area contributed by atoms with Crippen LogP contribution in [0, 0.1) is 25.2 Å². The van der Waals surface area contributed by atoms with Crippen molar-refractivity contribution in [2.45, 2.75) is 26.8 Å². The van der Waals surface area contributed by atoms with Crippen LogP contribution in [0.15, 0.2) is 29.6 Å². The molecule has 1 aromatic heterocycles. The first-order valence-corrected chi connectivity index (χ1v) is 6.81. The number of nitrogens with zero attached hydrogens (tertiary/aromatic N) is 1. The van der Waals surface area contributed by atoms with E-state index in [-0.39, 0.29) is 6.04 Å². The standard InChI is InChI=1S/C15H16N2S/c1-10-4-5-13(9-16)8-14(10)17-12(3)15-11(2)6-7-18-15/h4-8,12,17H,1-3H3. The van der Waals surface area contributed by atoms with E-state index in [4.69, 9.17) is 5.26 Å². The maximum absolute atomic E-state index is 8.94. The zero-order chi connectivity index (χ0) is 13.1. The molecule has 0 spiro atoms. The maximum atomic E-state index is 8.94. The van der Waals surface area contributed by atoms with Crippen molar-refractivity contribution < 1.29 is 0 Å². The predicted octanol–water partition coefficient (Wildman–Crippen LogP) is 4.41. The molecule has 0 fully saturated rings. The van der Waals surface area contributed by atoms with E-state index in [0.717, 1.165) is 11.3 Å². The molecular formula is C15H16N2S. The number of anilines is 1. The molecule has 0 saturated heterocycles. The van der Waals surface area contributed by atoms with E-state index in [1.807, 2.05) is 18.2 Å². The van der Waals surface area contributed by atoms with Crippen molar-refractivity contribution in [3.63, 3.8) is 0 Å². The predicted molar refractivity (Wildman–Crippen MR) is 77.0 cm³/mol. The van der Waals surface area contributed by atoms with E-state index >= 15 is 0 Å². The fourth-order valence-corrected chi connectivity index (χ4v) is 2.91. The third kappa shape index (κ3) is 2.55.